The number of unbranched alkanes of at least 4 members (excludes halogenated alkanes) is 2. The van der Waals surface area contributed by atoms with Crippen molar-refractivity contribution in [1.82, 2.24) is 5.32 Å². The van der Waals surface area contributed by atoms with Crippen molar-refractivity contribution in [3.8, 4) is 11.1 Å². The predicted molar refractivity (Wildman–Crippen MR) is 133 cm³/mol. The molecule has 2 N–H and O–H groups in total. The lowest BCUT2D eigenvalue weighted by Gasteiger charge is -2.19. The molecule has 5 nitrogen and oxygen atoms in total. The molecule has 2 rings (SSSR count). The van der Waals surface area contributed by atoms with Gasteiger partial charge >= 0.3 is 12.0 Å². The summed E-state index contributed by atoms with van der Waals surface area (Å²) in [5.41, 5.74) is 4.16. The van der Waals surface area contributed by atoms with Crippen LogP contribution in [0.15, 0.2) is 54.1 Å². The van der Waals surface area contributed by atoms with Crippen molar-refractivity contribution in [3.05, 3.63) is 59.7 Å². The molecule has 0 aromatic heterocycles. The molecule has 32 heavy (non-hydrogen) atoms. The summed E-state index contributed by atoms with van der Waals surface area (Å²) >= 11 is 0. The first kappa shape index (κ1) is 25.2. The van der Waals surface area contributed by atoms with Crippen molar-refractivity contribution in [1.29, 1.82) is 0 Å². The van der Waals surface area contributed by atoms with Gasteiger partial charge in [-0.25, -0.2) is 9.59 Å². The molecule has 0 aliphatic carbocycles. The highest BCUT2D eigenvalue weighted by atomic mass is 16.4. The van der Waals surface area contributed by atoms with Crippen molar-refractivity contribution < 1.29 is 14.7 Å². The molecule has 0 fully saturated rings. The van der Waals surface area contributed by atoms with Gasteiger partial charge in [-0.1, -0.05) is 70.0 Å². The summed E-state index contributed by atoms with van der Waals surface area (Å²) in [4.78, 5) is 25.7. The first-order valence-corrected chi connectivity index (χ1v) is 11.6. The minimum atomic E-state index is -0.855. The fraction of sp³-hybridized carbons (Fsp3) is 0.407. The number of carbonyl (C=O) groups excluding carboxylic acids is 1. The third-order valence-electron chi connectivity index (χ3n) is 5.83. The molecule has 0 saturated heterocycles. The lowest BCUT2D eigenvalue weighted by Crippen LogP contribution is -2.37. The van der Waals surface area contributed by atoms with Crippen LogP contribution < -0.4 is 10.2 Å². The van der Waals surface area contributed by atoms with E-state index in [0.29, 0.717) is 12.1 Å². The van der Waals surface area contributed by atoms with E-state index in [1.807, 2.05) is 62.4 Å². The van der Waals surface area contributed by atoms with Crippen molar-refractivity contribution in [2.75, 3.05) is 18.5 Å². The van der Waals surface area contributed by atoms with Crippen LogP contribution in [0.1, 0.15) is 58.4 Å². The lowest BCUT2D eigenvalue weighted by molar-refractivity contribution is -0.133. The molecule has 2 amide bonds. The van der Waals surface area contributed by atoms with Gasteiger partial charge in [0, 0.05) is 24.9 Å². The van der Waals surface area contributed by atoms with E-state index in [1.54, 1.807) is 18.0 Å². The second-order valence-corrected chi connectivity index (χ2v) is 8.09. The van der Waals surface area contributed by atoms with Gasteiger partial charge < -0.3 is 10.4 Å². The number of carboxylic acids is 1. The van der Waals surface area contributed by atoms with Gasteiger partial charge in [0.05, 0.1) is 0 Å². The fourth-order valence-corrected chi connectivity index (χ4v) is 3.73. The minimum absolute atomic E-state index is 0.0486. The van der Waals surface area contributed by atoms with E-state index in [-0.39, 0.29) is 11.9 Å². The average molecular weight is 437 g/mol. The summed E-state index contributed by atoms with van der Waals surface area (Å²) in [5, 5.41) is 12.6. The Kier molecular flexibility index (Phi) is 9.99. The molecule has 2 aromatic carbocycles. The Hall–Kier alpha value is -3.08. The summed E-state index contributed by atoms with van der Waals surface area (Å²) in [6.45, 7) is 6.86. The molecule has 0 spiro atoms. The predicted octanol–water partition coefficient (Wildman–Crippen LogP) is 6.59. The average Bonchev–Trinajstić information content (AvgIpc) is 2.81. The first-order chi connectivity index (χ1) is 15.4. The number of urea groups is 1. The number of nitrogens with zero attached hydrogens (tertiary/aromatic N) is 1. The van der Waals surface area contributed by atoms with Crippen LogP contribution in [-0.4, -0.2) is 30.7 Å². The van der Waals surface area contributed by atoms with Crippen molar-refractivity contribution in [2.24, 2.45) is 5.92 Å². The molecule has 0 aliphatic heterocycles. The van der Waals surface area contributed by atoms with Gasteiger partial charge in [0.2, 0.25) is 0 Å². The molecule has 0 heterocycles. The zero-order valence-corrected chi connectivity index (χ0v) is 19.7. The molecule has 0 radical (unpaired) electrons. The molecule has 172 valence electrons. The maximum atomic E-state index is 12.4. The molecule has 0 atom stereocenters. The summed E-state index contributed by atoms with van der Waals surface area (Å²) in [6, 6.07) is 15.6. The van der Waals surface area contributed by atoms with Gasteiger partial charge in [0.15, 0.2) is 0 Å². The smallest absolute Gasteiger partial charge is 0.331 e. The van der Waals surface area contributed by atoms with E-state index in [4.69, 9.17) is 0 Å². The molecule has 0 bridgehead atoms. The van der Waals surface area contributed by atoms with Gasteiger partial charge in [-0.15, -0.1) is 0 Å². The number of anilines is 1. The van der Waals surface area contributed by atoms with Crippen LogP contribution in [0.5, 0.6) is 0 Å². The molecule has 5 heteroatoms. The topological polar surface area (TPSA) is 69.6 Å². The maximum absolute atomic E-state index is 12.4. The lowest BCUT2D eigenvalue weighted by atomic mass is 9.92. The van der Waals surface area contributed by atoms with Crippen LogP contribution >= 0.6 is 0 Å². The third kappa shape index (κ3) is 6.98. The third-order valence-corrected chi connectivity index (χ3v) is 5.83. The second-order valence-electron chi connectivity index (χ2n) is 8.09. The van der Waals surface area contributed by atoms with Crippen LogP contribution in [0, 0.1) is 5.92 Å². The standard InChI is InChI=1S/C27H36N2O3/c1-5-8-9-17-28-27(32)29(4)24-12-10-11-23(19-24)22-15-13-20(14-16-22)18-25(26(30)31)21(6-2)7-3/h10-16,18-19,21H,5-9,17H2,1-4H3,(H,28,32)(H,30,31). The molecule has 0 unspecified atom stereocenters. The minimum Gasteiger partial charge on any atom is -0.478 e. The highest BCUT2D eigenvalue weighted by Crippen LogP contribution is 2.27. The summed E-state index contributed by atoms with van der Waals surface area (Å²) in [5.74, 6) is -0.806. The number of rotatable bonds is 11. The van der Waals surface area contributed by atoms with Gasteiger partial charge in [-0.2, -0.15) is 0 Å². The molecular weight excluding hydrogens is 400 g/mol. The Balaban J connectivity index is 2.17. The van der Waals surface area contributed by atoms with Gasteiger partial charge in [-0.05, 0) is 60.1 Å². The van der Waals surface area contributed by atoms with Crippen LogP contribution in [0.25, 0.3) is 17.2 Å². The Bertz CT molecular complexity index is 915. The number of hydrogen-bond donors (Lipinski definition) is 2. The van der Waals surface area contributed by atoms with E-state index >= 15 is 0 Å². The molecular formula is C27H36N2O3. The van der Waals surface area contributed by atoms with Crippen molar-refractivity contribution in [3.63, 3.8) is 0 Å². The van der Waals surface area contributed by atoms with E-state index < -0.39 is 5.97 Å². The Morgan fingerprint density at radius 1 is 1.00 bits per heavy atom. The van der Waals surface area contributed by atoms with E-state index in [9.17, 15) is 14.7 Å². The summed E-state index contributed by atoms with van der Waals surface area (Å²) in [6.07, 6.45) is 6.60. The largest absolute Gasteiger partial charge is 0.478 e. The quantitative estimate of drug-likeness (QED) is 0.308. The number of carboxylic acid groups (broad SMARTS) is 1. The molecule has 2 aromatic rings. The highest BCUT2D eigenvalue weighted by molar-refractivity contribution is 5.93. The van der Waals surface area contributed by atoms with Crippen LogP contribution in [0.4, 0.5) is 10.5 Å². The Morgan fingerprint density at radius 2 is 1.69 bits per heavy atom. The highest BCUT2D eigenvalue weighted by Gasteiger charge is 2.17. The SMILES string of the molecule is CCCCCNC(=O)N(C)c1cccc(-c2ccc(C=C(C(=O)O)C(CC)CC)cc2)c1. The fourth-order valence-electron chi connectivity index (χ4n) is 3.73. The van der Waals surface area contributed by atoms with Gasteiger partial charge in [-0.3, -0.25) is 4.90 Å². The zero-order chi connectivity index (χ0) is 23.5. The monoisotopic (exact) mass is 436 g/mol. The van der Waals surface area contributed by atoms with Gasteiger partial charge in [0.1, 0.15) is 0 Å². The zero-order valence-electron chi connectivity index (χ0n) is 19.7. The number of amides is 2. The number of nitrogens with one attached hydrogen (secondary N) is 1. The van der Waals surface area contributed by atoms with Crippen LogP contribution in [0.2, 0.25) is 0 Å². The second kappa shape index (κ2) is 12.7. The maximum Gasteiger partial charge on any atom is 0.331 e. The number of hydrogen-bond acceptors (Lipinski definition) is 2. The summed E-state index contributed by atoms with van der Waals surface area (Å²) < 4.78 is 0. The van der Waals surface area contributed by atoms with Crippen LogP contribution in [0.3, 0.4) is 0 Å². The normalized spacial score (nSPS) is 11.5. The first-order valence-electron chi connectivity index (χ1n) is 11.6. The number of carbonyl (C=O) groups is 2. The molecule has 0 saturated carbocycles. The van der Waals surface area contributed by atoms with E-state index in [0.717, 1.165) is 54.5 Å². The number of benzene rings is 2. The van der Waals surface area contributed by atoms with Crippen LogP contribution in [-0.2, 0) is 4.79 Å². The Morgan fingerprint density at radius 3 is 2.28 bits per heavy atom. The Labute approximate surface area is 192 Å². The van der Waals surface area contributed by atoms with Gasteiger partial charge in [0.25, 0.3) is 0 Å². The molecule has 0 aliphatic rings. The number of aliphatic carboxylic acids is 1. The van der Waals surface area contributed by atoms with Crippen molar-refractivity contribution in [2.45, 2.75) is 52.9 Å². The summed E-state index contributed by atoms with van der Waals surface area (Å²) in [7, 11) is 1.77. The van der Waals surface area contributed by atoms with Crippen molar-refractivity contribution >= 4 is 23.8 Å². The van der Waals surface area contributed by atoms with E-state index in [1.165, 1.54) is 0 Å². The van der Waals surface area contributed by atoms with E-state index in [2.05, 4.69) is 12.2 Å².